The minimum absolute atomic E-state index is 0.00404. The molecule has 11 heteroatoms. The lowest BCUT2D eigenvalue weighted by molar-refractivity contribution is -0.137. The van der Waals surface area contributed by atoms with Crippen molar-refractivity contribution in [3.05, 3.63) is 53.6 Å². The van der Waals surface area contributed by atoms with Gasteiger partial charge in [0.15, 0.2) is 0 Å². The minimum atomic E-state index is -4.77. The minimum Gasteiger partial charge on any atom is -0.347 e. The Morgan fingerprint density at radius 2 is 1.72 bits per heavy atom. The molecule has 0 bridgehead atoms. The fourth-order valence-corrected chi connectivity index (χ4v) is 4.61. The molecule has 0 saturated carbocycles. The Morgan fingerprint density at radius 3 is 2.25 bits per heavy atom. The molecule has 0 spiro atoms. The normalized spacial score (nSPS) is 15.0. The van der Waals surface area contributed by atoms with Crippen molar-refractivity contribution in [1.29, 1.82) is 0 Å². The highest BCUT2D eigenvalue weighted by atomic mass is 32.2. The first kappa shape index (κ1) is 28.2. The molecule has 2 heterocycles. The molecule has 4 nitrogen and oxygen atoms in total. The highest BCUT2D eigenvalue weighted by Crippen LogP contribution is 2.40. The number of hydrogen-bond acceptors (Lipinski definition) is 2. The molecule has 0 aliphatic rings. The zero-order valence-electron chi connectivity index (χ0n) is 20.8. The number of aromatic nitrogens is 2. The fraction of sp³-hybridized carbons (Fsp3) is 0.480. The number of nitrogens with zero attached hydrogens (tertiary/aromatic N) is 2. The van der Waals surface area contributed by atoms with Crippen LogP contribution in [0.1, 0.15) is 58.7 Å². The van der Waals surface area contributed by atoms with Gasteiger partial charge >= 0.3 is 6.18 Å². The molecular weight excluding hydrogens is 504 g/mol. The second-order valence-corrected chi connectivity index (χ2v) is 12.8. The standard InChI is InChI=1S/C25H29F6N3OS/c1-23(2,3)13-34-12-16(21(22(27)28)33-36(35)24(4,5)6)14-10-18(26)15(11-19(14)34)20-17(25(29,30)31)8-7-9-32-20/h7-12,21-22,33H,13H2,1-6H3/t21-,36?/m0/s1. The monoisotopic (exact) mass is 533 g/mol. The van der Waals surface area contributed by atoms with Crippen LogP contribution in [0.2, 0.25) is 0 Å². The van der Waals surface area contributed by atoms with Crippen molar-refractivity contribution in [2.45, 2.75) is 71.5 Å². The van der Waals surface area contributed by atoms with Crippen molar-refractivity contribution >= 4 is 21.9 Å². The van der Waals surface area contributed by atoms with Gasteiger partial charge in [-0.15, -0.1) is 0 Å². The predicted molar refractivity (Wildman–Crippen MR) is 129 cm³/mol. The molecule has 0 aliphatic heterocycles. The van der Waals surface area contributed by atoms with Gasteiger partial charge in [-0.25, -0.2) is 22.1 Å². The van der Waals surface area contributed by atoms with Crippen LogP contribution in [0.4, 0.5) is 26.3 Å². The lowest BCUT2D eigenvalue weighted by atomic mass is 9.96. The maximum atomic E-state index is 15.3. The third-order valence-corrected chi connectivity index (χ3v) is 6.97. The molecule has 0 fully saturated rings. The Bertz CT molecular complexity index is 1270. The van der Waals surface area contributed by atoms with E-state index in [4.69, 9.17) is 0 Å². The first-order chi connectivity index (χ1) is 16.4. The van der Waals surface area contributed by atoms with Gasteiger partial charge in [-0.3, -0.25) is 4.98 Å². The maximum Gasteiger partial charge on any atom is 0.418 e. The van der Waals surface area contributed by atoms with E-state index in [-0.39, 0.29) is 21.9 Å². The summed E-state index contributed by atoms with van der Waals surface area (Å²) in [7, 11) is -1.86. The molecule has 36 heavy (non-hydrogen) atoms. The van der Waals surface area contributed by atoms with E-state index < -0.39 is 57.0 Å². The third kappa shape index (κ3) is 6.11. The zero-order valence-corrected chi connectivity index (χ0v) is 21.6. The molecule has 198 valence electrons. The molecule has 0 radical (unpaired) electrons. The van der Waals surface area contributed by atoms with Crippen LogP contribution in [-0.2, 0) is 23.7 Å². The van der Waals surface area contributed by atoms with Crippen molar-refractivity contribution in [3.8, 4) is 11.3 Å². The molecule has 2 atom stereocenters. The molecule has 3 rings (SSSR count). The SMILES string of the molecule is CC(C)(C)Cn1cc([C@H](NS(=O)C(C)(C)C)C(F)F)c2cc(F)c(-c3ncccc3C(F)(F)F)cc21. The Balaban J connectivity index is 2.29. The first-order valence-electron chi connectivity index (χ1n) is 11.2. The predicted octanol–water partition coefficient (Wildman–Crippen LogP) is 7.27. The summed E-state index contributed by atoms with van der Waals surface area (Å²) in [6.07, 6.45) is -5.20. The highest BCUT2D eigenvalue weighted by Gasteiger charge is 2.36. The van der Waals surface area contributed by atoms with Gasteiger partial charge in [-0.2, -0.15) is 13.2 Å². The molecule has 0 amide bonds. The topological polar surface area (TPSA) is 46.9 Å². The van der Waals surface area contributed by atoms with Crippen LogP contribution in [0.5, 0.6) is 0 Å². The van der Waals surface area contributed by atoms with Gasteiger partial charge < -0.3 is 4.57 Å². The summed E-state index contributed by atoms with van der Waals surface area (Å²) in [4.78, 5) is 3.78. The van der Waals surface area contributed by atoms with Gasteiger partial charge in [-0.1, -0.05) is 20.8 Å². The van der Waals surface area contributed by atoms with Gasteiger partial charge in [0, 0.05) is 41.0 Å². The summed E-state index contributed by atoms with van der Waals surface area (Å²) in [6.45, 7) is 10.9. The van der Waals surface area contributed by atoms with E-state index in [0.29, 0.717) is 6.54 Å². The van der Waals surface area contributed by atoms with Crippen molar-refractivity contribution in [2.24, 2.45) is 5.41 Å². The Hall–Kier alpha value is -2.40. The van der Waals surface area contributed by atoms with E-state index in [1.807, 2.05) is 20.8 Å². The molecular formula is C25H29F6N3OS. The lowest BCUT2D eigenvalue weighted by Gasteiger charge is -2.24. The van der Waals surface area contributed by atoms with Crippen molar-refractivity contribution in [2.75, 3.05) is 0 Å². The van der Waals surface area contributed by atoms with E-state index in [0.717, 1.165) is 24.4 Å². The summed E-state index contributed by atoms with van der Waals surface area (Å²) >= 11 is 0. The average molecular weight is 534 g/mol. The van der Waals surface area contributed by atoms with Gasteiger partial charge in [-0.05, 0) is 50.5 Å². The van der Waals surface area contributed by atoms with Crippen LogP contribution in [0, 0.1) is 11.2 Å². The fourth-order valence-electron chi connectivity index (χ4n) is 3.80. The van der Waals surface area contributed by atoms with E-state index in [1.54, 1.807) is 25.3 Å². The number of halogens is 6. The number of rotatable bonds is 6. The molecule has 1 unspecified atom stereocenters. The van der Waals surface area contributed by atoms with E-state index in [2.05, 4.69) is 9.71 Å². The van der Waals surface area contributed by atoms with Crippen LogP contribution in [0.3, 0.4) is 0 Å². The molecule has 0 aliphatic carbocycles. The lowest BCUT2D eigenvalue weighted by Crippen LogP contribution is -2.38. The number of pyridine rings is 1. The second-order valence-electron chi connectivity index (χ2n) is 10.8. The van der Waals surface area contributed by atoms with E-state index >= 15 is 4.39 Å². The average Bonchev–Trinajstić information content (AvgIpc) is 3.04. The smallest absolute Gasteiger partial charge is 0.347 e. The highest BCUT2D eigenvalue weighted by molar-refractivity contribution is 7.84. The Kier molecular flexibility index (Phi) is 7.68. The number of alkyl halides is 5. The summed E-state index contributed by atoms with van der Waals surface area (Å²) in [5, 5.41) is 0.0914. The molecule has 1 N–H and O–H groups in total. The largest absolute Gasteiger partial charge is 0.418 e. The maximum absolute atomic E-state index is 15.3. The molecule has 1 aromatic carbocycles. The van der Waals surface area contributed by atoms with Crippen LogP contribution in [-0.4, -0.2) is 24.9 Å². The number of fused-ring (bicyclic) bond motifs is 1. The number of hydrogen-bond donors (Lipinski definition) is 1. The Morgan fingerprint density at radius 1 is 1.08 bits per heavy atom. The van der Waals surface area contributed by atoms with Crippen LogP contribution in [0.15, 0.2) is 36.7 Å². The Labute approximate surface area is 208 Å². The van der Waals surface area contributed by atoms with Crippen LogP contribution < -0.4 is 4.72 Å². The number of nitrogens with one attached hydrogen (secondary N) is 1. The van der Waals surface area contributed by atoms with Gasteiger partial charge in [0.1, 0.15) is 11.9 Å². The molecule has 0 saturated heterocycles. The summed E-state index contributed by atoms with van der Waals surface area (Å²) in [5.41, 5.74) is -2.16. The first-order valence-corrected chi connectivity index (χ1v) is 12.4. The van der Waals surface area contributed by atoms with Crippen LogP contribution >= 0.6 is 0 Å². The number of benzene rings is 1. The quantitative estimate of drug-likeness (QED) is 0.339. The van der Waals surface area contributed by atoms with Crippen LogP contribution in [0.25, 0.3) is 22.2 Å². The summed E-state index contributed by atoms with van der Waals surface area (Å²) < 4.78 is 100. The van der Waals surface area contributed by atoms with Crippen molar-refractivity contribution < 1.29 is 30.6 Å². The molecule has 2 aromatic heterocycles. The molecule has 3 aromatic rings. The zero-order chi connectivity index (χ0) is 27.2. The van der Waals surface area contributed by atoms with Crippen molar-refractivity contribution in [1.82, 2.24) is 14.3 Å². The van der Waals surface area contributed by atoms with E-state index in [1.165, 1.54) is 12.3 Å². The second kappa shape index (κ2) is 9.81. The van der Waals surface area contributed by atoms with E-state index in [9.17, 15) is 26.2 Å². The third-order valence-electron chi connectivity index (χ3n) is 5.39. The summed E-state index contributed by atoms with van der Waals surface area (Å²) in [5.74, 6) is -1.04. The van der Waals surface area contributed by atoms with Gasteiger partial charge in [0.25, 0.3) is 6.43 Å². The van der Waals surface area contributed by atoms with Crippen molar-refractivity contribution in [3.63, 3.8) is 0 Å². The van der Waals surface area contributed by atoms with Gasteiger partial charge in [0.2, 0.25) is 0 Å². The van der Waals surface area contributed by atoms with Gasteiger partial charge in [0.05, 0.1) is 27.0 Å². The summed E-state index contributed by atoms with van der Waals surface area (Å²) in [6, 6.07) is 2.38.